The Labute approximate surface area is 168 Å². The van der Waals surface area contributed by atoms with Gasteiger partial charge in [0, 0.05) is 35.6 Å². The van der Waals surface area contributed by atoms with Crippen LogP contribution >= 0.6 is 11.6 Å². The Morgan fingerprint density at radius 1 is 0.857 bits per heavy atom. The van der Waals surface area contributed by atoms with Crippen molar-refractivity contribution in [3.8, 4) is 0 Å². The number of nitrogens with one attached hydrogen (secondary N) is 2. The fourth-order valence-electron chi connectivity index (χ4n) is 2.64. The molecule has 0 unspecified atom stereocenters. The van der Waals surface area contributed by atoms with Gasteiger partial charge in [-0.1, -0.05) is 54.1 Å². The van der Waals surface area contributed by atoms with E-state index in [9.17, 15) is 9.59 Å². The van der Waals surface area contributed by atoms with E-state index in [2.05, 4.69) is 10.6 Å². The van der Waals surface area contributed by atoms with Crippen molar-refractivity contribution >= 4 is 34.9 Å². The summed E-state index contributed by atoms with van der Waals surface area (Å²) < 4.78 is 0. The molecular formula is C22H20ClN3O2. The summed E-state index contributed by atoms with van der Waals surface area (Å²) in [7, 11) is 1.69. The van der Waals surface area contributed by atoms with Crippen molar-refractivity contribution in [2.45, 2.75) is 6.54 Å². The van der Waals surface area contributed by atoms with Gasteiger partial charge in [0.2, 0.25) is 0 Å². The lowest BCUT2D eigenvalue weighted by molar-refractivity contribution is 0.102. The quantitative estimate of drug-likeness (QED) is 0.621. The fourth-order valence-corrected chi connectivity index (χ4v) is 2.84. The van der Waals surface area contributed by atoms with Crippen LogP contribution in [0.1, 0.15) is 15.9 Å². The maximum atomic E-state index is 12.5. The number of rotatable bonds is 5. The monoisotopic (exact) mass is 393 g/mol. The van der Waals surface area contributed by atoms with E-state index in [-0.39, 0.29) is 11.9 Å². The van der Waals surface area contributed by atoms with E-state index in [0.29, 0.717) is 28.5 Å². The molecular weight excluding hydrogens is 374 g/mol. The molecule has 0 aliphatic heterocycles. The fraction of sp³-hybridized carbons (Fsp3) is 0.0909. The van der Waals surface area contributed by atoms with E-state index >= 15 is 0 Å². The molecule has 0 fully saturated rings. The topological polar surface area (TPSA) is 61.4 Å². The van der Waals surface area contributed by atoms with E-state index in [1.807, 2.05) is 24.3 Å². The first-order valence-corrected chi connectivity index (χ1v) is 9.13. The molecule has 0 radical (unpaired) electrons. The Bertz CT molecular complexity index is 976. The summed E-state index contributed by atoms with van der Waals surface area (Å²) in [6.07, 6.45) is 0. The zero-order valence-corrected chi connectivity index (χ0v) is 16.1. The highest BCUT2D eigenvalue weighted by atomic mass is 35.5. The van der Waals surface area contributed by atoms with E-state index in [1.165, 1.54) is 4.90 Å². The number of carbonyl (C=O) groups excluding carboxylic acids is 2. The third kappa shape index (κ3) is 5.11. The van der Waals surface area contributed by atoms with Crippen LogP contribution < -0.4 is 10.6 Å². The van der Waals surface area contributed by atoms with Crippen molar-refractivity contribution < 1.29 is 9.59 Å². The summed E-state index contributed by atoms with van der Waals surface area (Å²) in [4.78, 5) is 26.3. The molecule has 0 aromatic heterocycles. The van der Waals surface area contributed by atoms with Gasteiger partial charge >= 0.3 is 6.03 Å². The van der Waals surface area contributed by atoms with Gasteiger partial charge in [0.25, 0.3) is 5.91 Å². The van der Waals surface area contributed by atoms with Crippen molar-refractivity contribution in [3.63, 3.8) is 0 Å². The van der Waals surface area contributed by atoms with Crippen LogP contribution in [0.15, 0.2) is 78.9 Å². The van der Waals surface area contributed by atoms with Gasteiger partial charge in [-0.3, -0.25) is 4.79 Å². The molecule has 0 atom stereocenters. The average Bonchev–Trinajstić information content (AvgIpc) is 2.70. The highest BCUT2D eigenvalue weighted by Gasteiger charge is 2.12. The molecule has 5 nitrogen and oxygen atoms in total. The highest BCUT2D eigenvalue weighted by Crippen LogP contribution is 2.19. The zero-order valence-electron chi connectivity index (χ0n) is 15.4. The molecule has 0 spiro atoms. The van der Waals surface area contributed by atoms with Crippen molar-refractivity contribution in [1.29, 1.82) is 0 Å². The van der Waals surface area contributed by atoms with Crippen molar-refractivity contribution in [1.82, 2.24) is 4.90 Å². The van der Waals surface area contributed by atoms with E-state index in [1.54, 1.807) is 61.6 Å². The minimum atomic E-state index is -0.272. The predicted octanol–water partition coefficient (Wildman–Crippen LogP) is 5.26. The molecule has 2 N–H and O–H groups in total. The van der Waals surface area contributed by atoms with Crippen LogP contribution in [-0.4, -0.2) is 23.9 Å². The summed E-state index contributed by atoms with van der Waals surface area (Å²) in [6.45, 7) is 0.385. The largest absolute Gasteiger partial charge is 0.323 e. The summed E-state index contributed by atoms with van der Waals surface area (Å²) >= 11 is 6.15. The molecule has 3 amide bonds. The van der Waals surface area contributed by atoms with Crippen LogP contribution in [0.5, 0.6) is 0 Å². The lowest BCUT2D eigenvalue weighted by Crippen LogP contribution is -2.30. The number of halogens is 1. The van der Waals surface area contributed by atoms with Crippen molar-refractivity contribution in [2.75, 3.05) is 17.7 Å². The summed E-state index contributed by atoms with van der Waals surface area (Å²) in [5, 5.41) is 6.27. The van der Waals surface area contributed by atoms with Crippen LogP contribution in [0.4, 0.5) is 16.2 Å². The molecule has 3 aromatic carbocycles. The normalized spacial score (nSPS) is 10.2. The molecule has 0 aliphatic carbocycles. The Kier molecular flexibility index (Phi) is 6.29. The third-order valence-electron chi connectivity index (χ3n) is 4.12. The summed E-state index contributed by atoms with van der Waals surface area (Å²) in [5.41, 5.74) is 2.62. The summed E-state index contributed by atoms with van der Waals surface area (Å²) in [5.74, 6) is -0.208. The molecule has 6 heteroatoms. The smallest absolute Gasteiger partial charge is 0.321 e. The molecule has 0 aliphatic rings. The van der Waals surface area contributed by atoms with E-state index in [0.717, 1.165) is 5.56 Å². The van der Waals surface area contributed by atoms with Gasteiger partial charge in [-0.05, 0) is 42.0 Å². The highest BCUT2D eigenvalue weighted by molar-refractivity contribution is 6.31. The van der Waals surface area contributed by atoms with Gasteiger partial charge in [0.05, 0.1) is 0 Å². The molecule has 0 heterocycles. The first-order chi connectivity index (χ1) is 13.5. The molecule has 0 bridgehead atoms. The van der Waals surface area contributed by atoms with Crippen LogP contribution in [-0.2, 0) is 6.54 Å². The second-order valence-corrected chi connectivity index (χ2v) is 6.69. The van der Waals surface area contributed by atoms with Crippen molar-refractivity contribution in [2.24, 2.45) is 0 Å². The third-order valence-corrected chi connectivity index (χ3v) is 4.49. The Balaban J connectivity index is 1.63. The first-order valence-electron chi connectivity index (χ1n) is 8.75. The maximum Gasteiger partial charge on any atom is 0.321 e. The molecule has 142 valence electrons. The Morgan fingerprint density at radius 2 is 1.50 bits per heavy atom. The van der Waals surface area contributed by atoms with Gasteiger partial charge < -0.3 is 15.5 Å². The Morgan fingerprint density at radius 3 is 2.21 bits per heavy atom. The van der Waals surface area contributed by atoms with E-state index in [4.69, 9.17) is 11.6 Å². The number of amides is 3. The first kappa shape index (κ1) is 19.5. The van der Waals surface area contributed by atoms with Crippen LogP contribution in [0.25, 0.3) is 0 Å². The van der Waals surface area contributed by atoms with Crippen LogP contribution in [0.2, 0.25) is 5.02 Å². The van der Waals surface area contributed by atoms with Crippen LogP contribution in [0.3, 0.4) is 0 Å². The number of anilines is 2. The zero-order chi connectivity index (χ0) is 19.9. The second-order valence-electron chi connectivity index (χ2n) is 6.28. The van der Waals surface area contributed by atoms with Gasteiger partial charge in [0.1, 0.15) is 0 Å². The van der Waals surface area contributed by atoms with E-state index < -0.39 is 0 Å². The molecule has 0 saturated carbocycles. The van der Waals surface area contributed by atoms with Gasteiger partial charge in [-0.15, -0.1) is 0 Å². The second kappa shape index (κ2) is 9.06. The standard InChI is InChI=1S/C22H20ClN3O2/c1-26(15-17-10-5-6-13-20(17)23)22(28)25-19-12-7-11-18(14-19)24-21(27)16-8-3-2-4-9-16/h2-14H,15H2,1H3,(H,24,27)(H,25,28). The number of hydrogen-bond acceptors (Lipinski definition) is 2. The number of nitrogens with zero attached hydrogens (tertiary/aromatic N) is 1. The van der Waals surface area contributed by atoms with Gasteiger partial charge in [0.15, 0.2) is 0 Å². The average molecular weight is 394 g/mol. The van der Waals surface area contributed by atoms with Crippen LogP contribution in [0, 0.1) is 0 Å². The number of urea groups is 1. The predicted molar refractivity (Wildman–Crippen MR) is 113 cm³/mol. The molecule has 3 aromatic rings. The maximum absolute atomic E-state index is 12.5. The van der Waals surface area contributed by atoms with Crippen molar-refractivity contribution in [3.05, 3.63) is 95.0 Å². The Hall–Kier alpha value is -3.31. The minimum Gasteiger partial charge on any atom is -0.323 e. The lowest BCUT2D eigenvalue weighted by Gasteiger charge is -2.19. The number of benzene rings is 3. The number of carbonyl (C=O) groups is 2. The number of hydrogen-bond donors (Lipinski definition) is 2. The van der Waals surface area contributed by atoms with Gasteiger partial charge in [-0.2, -0.15) is 0 Å². The van der Waals surface area contributed by atoms with Gasteiger partial charge in [-0.25, -0.2) is 4.79 Å². The lowest BCUT2D eigenvalue weighted by atomic mass is 10.2. The molecule has 3 rings (SSSR count). The molecule has 28 heavy (non-hydrogen) atoms. The minimum absolute atomic E-state index is 0.208. The SMILES string of the molecule is CN(Cc1ccccc1Cl)C(=O)Nc1cccc(NC(=O)c2ccccc2)c1. The molecule has 0 saturated heterocycles. The summed E-state index contributed by atoms with van der Waals surface area (Å²) in [6, 6.07) is 23.1.